The molecule has 2 aromatic heterocycles. The first kappa shape index (κ1) is 11.7. The van der Waals surface area contributed by atoms with E-state index in [9.17, 15) is 0 Å². The molecule has 0 saturated carbocycles. The summed E-state index contributed by atoms with van der Waals surface area (Å²) >= 11 is 0. The van der Waals surface area contributed by atoms with Gasteiger partial charge >= 0.3 is 0 Å². The maximum absolute atomic E-state index is 6.01. The summed E-state index contributed by atoms with van der Waals surface area (Å²) in [5.74, 6) is 0.531. The third-order valence-corrected chi connectivity index (χ3v) is 3.20. The van der Waals surface area contributed by atoms with Gasteiger partial charge in [-0.2, -0.15) is 0 Å². The molecule has 0 amide bonds. The number of fused-ring (bicyclic) bond motifs is 1. The van der Waals surface area contributed by atoms with E-state index in [1.54, 1.807) is 0 Å². The Morgan fingerprint density at radius 2 is 1.95 bits per heavy atom. The SMILES string of the molecule is Cc1ccc2nc(N)n(Cc3cccc(C)n3)c2c1. The minimum absolute atomic E-state index is 0.531. The normalized spacial score (nSPS) is 11.1. The van der Waals surface area contributed by atoms with Gasteiger partial charge < -0.3 is 10.3 Å². The molecule has 0 atom stereocenters. The Morgan fingerprint density at radius 3 is 2.74 bits per heavy atom. The number of imidazole rings is 1. The molecule has 0 radical (unpaired) electrons. The van der Waals surface area contributed by atoms with Crippen LogP contribution in [0.25, 0.3) is 11.0 Å². The molecular weight excluding hydrogens is 236 g/mol. The third kappa shape index (κ3) is 2.17. The topological polar surface area (TPSA) is 56.7 Å². The largest absolute Gasteiger partial charge is 0.369 e. The van der Waals surface area contributed by atoms with E-state index in [2.05, 4.69) is 23.0 Å². The third-order valence-electron chi connectivity index (χ3n) is 3.20. The highest BCUT2D eigenvalue weighted by Gasteiger charge is 2.09. The summed E-state index contributed by atoms with van der Waals surface area (Å²) < 4.78 is 2.00. The Labute approximate surface area is 111 Å². The van der Waals surface area contributed by atoms with Crippen molar-refractivity contribution in [3.63, 3.8) is 0 Å². The Hall–Kier alpha value is -2.36. The molecular formula is C15H16N4. The Morgan fingerprint density at radius 1 is 1.11 bits per heavy atom. The number of anilines is 1. The fraction of sp³-hybridized carbons (Fsp3) is 0.200. The van der Waals surface area contributed by atoms with Gasteiger partial charge in [0.2, 0.25) is 5.95 Å². The number of nitrogens with zero attached hydrogens (tertiary/aromatic N) is 3. The maximum Gasteiger partial charge on any atom is 0.201 e. The van der Waals surface area contributed by atoms with Gasteiger partial charge in [0.25, 0.3) is 0 Å². The van der Waals surface area contributed by atoms with Crippen LogP contribution in [-0.2, 0) is 6.54 Å². The number of benzene rings is 1. The summed E-state index contributed by atoms with van der Waals surface area (Å²) in [6.45, 7) is 4.70. The predicted octanol–water partition coefficient (Wildman–Crippen LogP) is 2.68. The highest BCUT2D eigenvalue weighted by Crippen LogP contribution is 2.20. The van der Waals surface area contributed by atoms with Crippen LogP contribution in [-0.4, -0.2) is 14.5 Å². The molecule has 96 valence electrons. The van der Waals surface area contributed by atoms with Crippen LogP contribution in [0.2, 0.25) is 0 Å². The van der Waals surface area contributed by atoms with E-state index < -0.39 is 0 Å². The fourth-order valence-electron chi connectivity index (χ4n) is 2.27. The smallest absolute Gasteiger partial charge is 0.201 e. The number of aromatic nitrogens is 3. The molecule has 0 fully saturated rings. The summed E-state index contributed by atoms with van der Waals surface area (Å²) in [4.78, 5) is 8.90. The number of rotatable bonds is 2. The average Bonchev–Trinajstić information content (AvgIpc) is 2.66. The van der Waals surface area contributed by atoms with Crippen LogP contribution in [0, 0.1) is 13.8 Å². The number of pyridine rings is 1. The minimum Gasteiger partial charge on any atom is -0.369 e. The summed E-state index contributed by atoms with van der Waals surface area (Å²) in [6.07, 6.45) is 0. The van der Waals surface area contributed by atoms with Crippen LogP contribution < -0.4 is 5.73 Å². The van der Waals surface area contributed by atoms with Crippen molar-refractivity contribution in [2.24, 2.45) is 0 Å². The van der Waals surface area contributed by atoms with Crippen LogP contribution in [0.5, 0.6) is 0 Å². The average molecular weight is 252 g/mol. The molecule has 0 spiro atoms. The summed E-state index contributed by atoms with van der Waals surface area (Å²) in [5.41, 5.74) is 11.2. The van der Waals surface area contributed by atoms with Crippen LogP contribution in [0.1, 0.15) is 17.0 Å². The van der Waals surface area contributed by atoms with Gasteiger partial charge in [-0.1, -0.05) is 12.1 Å². The van der Waals surface area contributed by atoms with Crippen molar-refractivity contribution in [3.8, 4) is 0 Å². The van der Waals surface area contributed by atoms with Gasteiger partial charge in [-0.25, -0.2) is 4.98 Å². The summed E-state index contributed by atoms with van der Waals surface area (Å²) in [5, 5.41) is 0. The molecule has 2 heterocycles. The molecule has 0 saturated heterocycles. The molecule has 0 unspecified atom stereocenters. The molecule has 19 heavy (non-hydrogen) atoms. The number of nitrogen functional groups attached to an aromatic ring is 1. The van der Waals surface area contributed by atoms with E-state index in [1.165, 1.54) is 5.56 Å². The maximum atomic E-state index is 6.01. The van der Waals surface area contributed by atoms with Crippen molar-refractivity contribution < 1.29 is 0 Å². The standard InChI is InChI=1S/C15H16N4/c1-10-6-7-13-14(8-10)19(15(16)18-13)9-12-5-3-4-11(2)17-12/h3-8H,9H2,1-2H3,(H2,16,18). The van der Waals surface area contributed by atoms with E-state index in [-0.39, 0.29) is 0 Å². The van der Waals surface area contributed by atoms with Crippen molar-refractivity contribution in [1.82, 2.24) is 14.5 Å². The number of hydrogen-bond acceptors (Lipinski definition) is 3. The zero-order valence-corrected chi connectivity index (χ0v) is 11.1. The van der Waals surface area contributed by atoms with Gasteiger partial charge in [-0.15, -0.1) is 0 Å². The molecule has 4 nitrogen and oxygen atoms in total. The number of hydrogen-bond donors (Lipinski definition) is 1. The summed E-state index contributed by atoms with van der Waals surface area (Å²) in [6, 6.07) is 12.2. The second kappa shape index (κ2) is 4.39. The molecule has 2 N–H and O–H groups in total. The van der Waals surface area contributed by atoms with Crippen LogP contribution >= 0.6 is 0 Å². The quantitative estimate of drug-likeness (QED) is 0.763. The lowest BCUT2D eigenvalue weighted by molar-refractivity contribution is 0.804. The van der Waals surface area contributed by atoms with Crippen LogP contribution in [0.3, 0.4) is 0 Å². The molecule has 3 aromatic rings. The van der Waals surface area contributed by atoms with Crippen LogP contribution in [0.4, 0.5) is 5.95 Å². The zero-order chi connectivity index (χ0) is 13.4. The second-order valence-corrected chi connectivity index (χ2v) is 4.82. The molecule has 0 aliphatic rings. The first-order valence-electron chi connectivity index (χ1n) is 6.28. The van der Waals surface area contributed by atoms with Gasteiger partial charge in [-0.05, 0) is 43.7 Å². The van der Waals surface area contributed by atoms with Gasteiger partial charge in [-0.3, -0.25) is 4.98 Å². The van der Waals surface area contributed by atoms with E-state index in [1.807, 2.05) is 41.8 Å². The summed E-state index contributed by atoms with van der Waals surface area (Å²) in [7, 11) is 0. The molecule has 0 aliphatic carbocycles. The molecule has 0 bridgehead atoms. The Kier molecular flexibility index (Phi) is 2.71. The van der Waals surface area contributed by atoms with Crippen molar-refractivity contribution in [2.75, 3.05) is 5.73 Å². The molecule has 3 rings (SSSR count). The van der Waals surface area contributed by atoms with E-state index in [0.717, 1.165) is 22.4 Å². The molecule has 1 aromatic carbocycles. The van der Waals surface area contributed by atoms with Crippen LogP contribution in [0.15, 0.2) is 36.4 Å². The van der Waals surface area contributed by atoms with Crippen molar-refractivity contribution in [1.29, 1.82) is 0 Å². The first-order chi connectivity index (χ1) is 9.13. The van der Waals surface area contributed by atoms with Crippen molar-refractivity contribution in [2.45, 2.75) is 20.4 Å². The lowest BCUT2D eigenvalue weighted by Gasteiger charge is -2.07. The van der Waals surface area contributed by atoms with E-state index >= 15 is 0 Å². The fourth-order valence-corrected chi connectivity index (χ4v) is 2.27. The number of aryl methyl sites for hydroxylation is 2. The predicted molar refractivity (Wildman–Crippen MR) is 77.0 cm³/mol. The lowest BCUT2D eigenvalue weighted by atomic mass is 10.2. The lowest BCUT2D eigenvalue weighted by Crippen LogP contribution is -2.06. The number of nitrogens with two attached hydrogens (primary N) is 1. The van der Waals surface area contributed by atoms with Gasteiger partial charge in [0.1, 0.15) is 0 Å². The zero-order valence-electron chi connectivity index (χ0n) is 11.1. The molecule has 0 aliphatic heterocycles. The minimum atomic E-state index is 0.531. The van der Waals surface area contributed by atoms with E-state index in [0.29, 0.717) is 12.5 Å². The van der Waals surface area contributed by atoms with Gasteiger partial charge in [0.15, 0.2) is 0 Å². The molecule has 4 heteroatoms. The first-order valence-corrected chi connectivity index (χ1v) is 6.28. The van der Waals surface area contributed by atoms with Gasteiger partial charge in [0.05, 0.1) is 23.3 Å². The van der Waals surface area contributed by atoms with Crippen molar-refractivity contribution >= 4 is 17.0 Å². The van der Waals surface area contributed by atoms with E-state index in [4.69, 9.17) is 5.73 Å². The highest BCUT2D eigenvalue weighted by molar-refractivity contribution is 5.79. The highest BCUT2D eigenvalue weighted by atomic mass is 15.2. The Balaban J connectivity index is 2.09. The monoisotopic (exact) mass is 252 g/mol. The second-order valence-electron chi connectivity index (χ2n) is 4.82. The Bertz CT molecular complexity index is 743. The van der Waals surface area contributed by atoms with Gasteiger partial charge in [0, 0.05) is 5.69 Å². The van der Waals surface area contributed by atoms with Crippen molar-refractivity contribution in [3.05, 3.63) is 53.3 Å².